The van der Waals surface area contributed by atoms with E-state index in [0.717, 1.165) is 6.07 Å². The van der Waals surface area contributed by atoms with Gasteiger partial charge in [-0.15, -0.1) is 12.4 Å². The smallest absolute Gasteiger partial charge is 0.341 e. The number of likely N-dealkylation sites (tertiary alicyclic amines) is 2. The number of nitrogens with one attached hydrogen (secondary N) is 1. The lowest BCUT2D eigenvalue weighted by molar-refractivity contribution is -0.144. The van der Waals surface area contributed by atoms with Crippen LogP contribution in [0.25, 0.3) is 0 Å². The van der Waals surface area contributed by atoms with Crippen LogP contribution in [-0.2, 0) is 35.6 Å². The molecule has 2 aliphatic rings. The molecule has 2 aliphatic heterocycles. The lowest BCUT2D eigenvalue weighted by Crippen LogP contribution is -2.53. The van der Waals surface area contributed by atoms with Crippen LogP contribution in [-0.4, -0.2) is 95.7 Å². The number of halogens is 4. The molecule has 10 nitrogen and oxygen atoms in total. The van der Waals surface area contributed by atoms with E-state index in [-0.39, 0.29) is 61.6 Å². The van der Waals surface area contributed by atoms with E-state index >= 15 is 0 Å². The summed E-state index contributed by atoms with van der Waals surface area (Å²) in [5.74, 6) is -0.394. The fraction of sp³-hybridized carbons (Fsp3) is 0.481. The first-order valence-electron chi connectivity index (χ1n) is 13.4. The minimum Gasteiger partial charge on any atom is -0.341 e. The molecule has 43 heavy (non-hydrogen) atoms. The van der Waals surface area contributed by atoms with Crippen molar-refractivity contribution in [3.63, 3.8) is 0 Å². The molecule has 16 heteroatoms. The maximum atomic E-state index is 13.8. The van der Waals surface area contributed by atoms with Crippen LogP contribution in [0.15, 0.2) is 63.2 Å². The Balaban J connectivity index is 0.00000506. The summed E-state index contributed by atoms with van der Waals surface area (Å²) in [5.41, 5.74) is -1.49. The second-order valence-electron chi connectivity index (χ2n) is 10.7. The fourth-order valence-electron chi connectivity index (χ4n) is 5.26. The van der Waals surface area contributed by atoms with E-state index in [4.69, 9.17) is 0 Å². The molecule has 2 amide bonds. The van der Waals surface area contributed by atoms with Crippen LogP contribution < -0.4 is 4.72 Å². The largest absolute Gasteiger partial charge is 0.417 e. The molecule has 0 unspecified atom stereocenters. The SMILES string of the molecule is CN(C)CC(=O)N1CCC[C@H]1C(=O)N1CCC(NS(=O)(=O)c2cc(S(=O)(=O)c3ccccc3)ccc2C(F)(F)F)CC1.Cl. The Morgan fingerprint density at radius 1 is 0.930 bits per heavy atom. The maximum Gasteiger partial charge on any atom is 0.417 e. The van der Waals surface area contributed by atoms with E-state index in [1.807, 2.05) is 0 Å². The second kappa shape index (κ2) is 13.5. The third-order valence-corrected chi connectivity index (χ3v) is 10.7. The summed E-state index contributed by atoms with van der Waals surface area (Å²) < 4.78 is 96.4. The minimum absolute atomic E-state index is 0. The van der Waals surface area contributed by atoms with E-state index < -0.39 is 53.5 Å². The van der Waals surface area contributed by atoms with Crippen LogP contribution in [0.1, 0.15) is 31.2 Å². The zero-order chi connectivity index (χ0) is 30.9. The number of alkyl halides is 3. The first-order chi connectivity index (χ1) is 19.6. The van der Waals surface area contributed by atoms with Crippen LogP contribution in [0.4, 0.5) is 13.2 Å². The van der Waals surface area contributed by atoms with E-state index in [1.54, 1.807) is 34.9 Å². The standard InChI is InChI=1S/C27H33F3N4O6S2.ClH/c1-32(2)18-25(35)34-14-6-9-23(34)26(36)33-15-12-19(13-16-33)31-42(39,40)24-17-21(10-11-22(24)27(28,29)30)41(37,38)20-7-4-3-5-8-20;/h3-5,7-8,10-11,17,19,23,31H,6,9,12-16,18H2,1-2H3;1H/t23-;/m0./s1. The highest BCUT2D eigenvalue weighted by Crippen LogP contribution is 2.36. The van der Waals surface area contributed by atoms with Crippen LogP contribution >= 0.6 is 12.4 Å². The number of benzene rings is 2. The predicted octanol–water partition coefficient (Wildman–Crippen LogP) is 2.78. The molecule has 0 aliphatic carbocycles. The Bertz CT molecular complexity index is 1530. The minimum atomic E-state index is -5.06. The third kappa shape index (κ3) is 7.87. The van der Waals surface area contributed by atoms with Crippen molar-refractivity contribution in [1.82, 2.24) is 19.4 Å². The molecule has 2 saturated heterocycles. The summed E-state index contributed by atoms with van der Waals surface area (Å²) in [7, 11) is -5.60. The molecule has 238 valence electrons. The zero-order valence-electron chi connectivity index (χ0n) is 23.6. The number of nitrogens with zero attached hydrogens (tertiary/aromatic N) is 3. The molecule has 2 heterocycles. The van der Waals surface area contributed by atoms with Gasteiger partial charge in [0.15, 0.2) is 0 Å². The van der Waals surface area contributed by atoms with Crippen molar-refractivity contribution in [2.24, 2.45) is 0 Å². The summed E-state index contributed by atoms with van der Waals surface area (Å²) in [5, 5.41) is 0. The highest BCUT2D eigenvalue weighted by Gasteiger charge is 2.41. The lowest BCUT2D eigenvalue weighted by Gasteiger charge is -2.36. The average molecular weight is 667 g/mol. The Hall–Kier alpha value is -2.72. The molecule has 4 rings (SSSR count). The fourth-order valence-corrected chi connectivity index (χ4v) is 8.20. The molecule has 0 aromatic heterocycles. The molecule has 2 aromatic carbocycles. The van der Waals surface area contributed by atoms with Gasteiger partial charge in [-0.25, -0.2) is 21.6 Å². The summed E-state index contributed by atoms with van der Waals surface area (Å²) in [4.78, 5) is 28.7. The monoisotopic (exact) mass is 666 g/mol. The molecule has 0 spiro atoms. The number of sulfone groups is 1. The van der Waals surface area contributed by atoms with Gasteiger partial charge < -0.3 is 14.7 Å². The number of amides is 2. The first-order valence-corrected chi connectivity index (χ1v) is 16.3. The van der Waals surface area contributed by atoms with Gasteiger partial charge in [-0.05, 0) is 70.1 Å². The van der Waals surface area contributed by atoms with Crippen molar-refractivity contribution in [1.29, 1.82) is 0 Å². The average Bonchev–Trinajstić information content (AvgIpc) is 3.42. The quantitative estimate of drug-likeness (QED) is 0.460. The normalized spacial score (nSPS) is 18.5. The summed E-state index contributed by atoms with van der Waals surface area (Å²) in [6.45, 7) is 0.931. The van der Waals surface area contributed by atoms with Gasteiger partial charge in [-0.3, -0.25) is 9.59 Å². The van der Waals surface area contributed by atoms with Crippen molar-refractivity contribution in [3.05, 3.63) is 54.1 Å². The van der Waals surface area contributed by atoms with Crippen LogP contribution in [0.3, 0.4) is 0 Å². The predicted molar refractivity (Wildman–Crippen MR) is 154 cm³/mol. The van der Waals surface area contributed by atoms with Crippen molar-refractivity contribution >= 4 is 44.1 Å². The van der Waals surface area contributed by atoms with Crippen LogP contribution in [0.5, 0.6) is 0 Å². The number of likely N-dealkylation sites (N-methyl/N-ethyl adjacent to an activating group) is 1. The Morgan fingerprint density at radius 2 is 1.56 bits per heavy atom. The Morgan fingerprint density at radius 3 is 2.14 bits per heavy atom. The number of carbonyl (C=O) groups excluding carboxylic acids is 2. The Labute approximate surface area is 255 Å². The van der Waals surface area contributed by atoms with Gasteiger partial charge in [0, 0.05) is 25.7 Å². The Kier molecular flexibility index (Phi) is 10.9. The van der Waals surface area contributed by atoms with Gasteiger partial charge in [0.25, 0.3) is 0 Å². The molecule has 1 N–H and O–H groups in total. The molecular weight excluding hydrogens is 633 g/mol. The van der Waals surface area contributed by atoms with Gasteiger partial charge in [0.1, 0.15) is 6.04 Å². The van der Waals surface area contributed by atoms with Crippen molar-refractivity contribution in [2.75, 3.05) is 40.3 Å². The topological polar surface area (TPSA) is 124 Å². The molecule has 0 saturated carbocycles. The molecule has 1 atom stereocenters. The molecular formula is C27H34ClF3N4O6S2. The number of carbonyl (C=O) groups is 2. The van der Waals surface area contributed by atoms with E-state index in [9.17, 15) is 39.6 Å². The van der Waals surface area contributed by atoms with Gasteiger partial charge in [0.2, 0.25) is 31.7 Å². The number of hydrogen-bond acceptors (Lipinski definition) is 7. The van der Waals surface area contributed by atoms with Gasteiger partial charge in [-0.2, -0.15) is 13.2 Å². The number of rotatable bonds is 8. The van der Waals surface area contributed by atoms with E-state index in [1.165, 1.54) is 24.3 Å². The van der Waals surface area contributed by atoms with E-state index in [2.05, 4.69) is 4.72 Å². The van der Waals surface area contributed by atoms with Crippen LogP contribution in [0.2, 0.25) is 0 Å². The second-order valence-corrected chi connectivity index (χ2v) is 14.3. The number of hydrogen-bond donors (Lipinski definition) is 1. The van der Waals surface area contributed by atoms with Gasteiger partial charge >= 0.3 is 6.18 Å². The molecule has 2 aromatic rings. The zero-order valence-corrected chi connectivity index (χ0v) is 26.0. The van der Waals surface area contributed by atoms with E-state index in [0.29, 0.717) is 31.5 Å². The van der Waals surface area contributed by atoms with Gasteiger partial charge in [-0.1, -0.05) is 18.2 Å². The highest BCUT2D eigenvalue weighted by atomic mass is 35.5. The van der Waals surface area contributed by atoms with Crippen LogP contribution in [0, 0.1) is 0 Å². The summed E-state index contributed by atoms with van der Waals surface area (Å²) in [6, 6.07) is 7.32. The molecule has 0 bridgehead atoms. The number of sulfonamides is 1. The summed E-state index contributed by atoms with van der Waals surface area (Å²) in [6.07, 6.45) is -3.59. The van der Waals surface area contributed by atoms with Gasteiger partial charge in [0.05, 0.1) is 26.8 Å². The third-order valence-electron chi connectivity index (χ3n) is 7.35. The number of piperidine rings is 1. The van der Waals surface area contributed by atoms with Crippen molar-refractivity contribution in [3.8, 4) is 0 Å². The van der Waals surface area contributed by atoms with Crippen molar-refractivity contribution in [2.45, 2.75) is 58.6 Å². The maximum absolute atomic E-state index is 13.8. The first kappa shape index (κ1) is 34.8. The molecule has 0 radical (unpaired) electrons. The summed E-state index contributed by atoms with van der Waals surface area (Å²) >= 11 is 0. The van der Waals surface area contributed by atoms with Crippen molar-refractivity contribution < 1.29 is 39.6 Å². The lowest BCUT2D eigenvalue weighted by atomic mass is 10.0. The highest BCUT2D eigenvalue weighted by molar-refractivity contribution is 7.91. The molecule has 2 fully saturated rings.